The minimum Gasteiger partial charge on any atom is -0.365 e. The highest BCUT2D eigenvalue weighted by Gasteiger charge is 2.19. The summed E-state index contributed by atoms with van der Waals surface area (Å²) in [6.07, 6.45) is 1.55. The number of benzene rings is 1. The maximum absolute atomic E-state index is 11.4. The standard InChI is InChI=1S/C14H17N3O/c1-9(2)13-11(14(15)18)8-16-17(13)12-7-5-4-6-10(12)3/h4-9H,1-3H3,(H2,15,18). The molecule has 1 amide bonds. The van der Waals surface area contributed by atoms with Gasteiger partial charge in [0.1, 0.15) is 0 Å². The molecule has 0 aliphatic heterocycles. The fourth-order valence-electron chi connectivity index (χ4n) is 2.10. The van der Waals surface area contributed by atoms with Crippen molar-refractivity contribution < 1.29 is 4.79 Å². The first kappa shape index (κ1) is 12.4. The molecule has 0 aliphatic carbocycles. The minimum absolute atomic E-state index is 0.176. The molecule has 0 fully saturated rings. The van der Waals surface area contributed by atoms with Crippen LogP contribution in [-0.2, 0) is 0 Å². The van der Waals surface area contributed by atoms with Gasteiger partial charge >= 0.3 is 0 Å². The average molecular weight is 243 g/mol. The number of aryl methyl sites for hydroxylation is 1. The first-order chi connectivity index (χ1) is 8.52. The highest BCUT2D eigenvalue weighted by atomic mass is 16.1. The van der Waals surface area contributed by atoms with Gasteiger partial charge in [0.25, 0.3) is 5.91 Å². The second-order valence-corrected chi connectivity index (χ2v) is 4.66. The van der Waals surface area contributed by atoms with Gasteiger partial charge in [0.05, 0.1) is 23.1 Å². The van der Waals surface area contributed by atoms with Gasteiger partial charge in [-0.3, -0.25) is 4.79 Å². The van der Waals surface area contributed by atoms with E-state index >= 15 is 0 Å². The van der Waals surface area contributed by atoms with Gasteiger partial charge in [0, 0.05) is 0 Å². The van der Waals surface area contributed by atoms with Crippen LogP contribution in [0.1, 0.15) is 41.4 Å². The van der Waals surface area contributed by atoms with Gasteiger partial charge in [0.15, 0.2) is 0 Å². The number of carbonyl (C=O) groups is 1. The molecule has 18 heavy (non-hydrogen) atoms. The van der Waals surface area contributed by atoms with Crippen LogP contribution >= 0.6 is 0 Å². The second kappa shape index (κ2) is 4.64. The molecule has 4 heteroatoms. The molecular formula is C14H17N3O. The third kappa shape index (κ3) is 2.01. The van der Waals surface area contributed by atoms with Crippen LogP contribution in [0.3, 0.4) is 0 Å². The molecule has 94 valence electrons. The summed E-state index contributed by atoms with van der Waals surface area (Å²) >= 11 is 0. The Balaban J connectivity index is 2.66. The molecular weight excluding hydrogens is 226 g/mol. The Morgan fingerprint density at radius 3 is 2.56 bits per heavy atom. The predicted molar refractivity (Wildman–Crippen MR) is 70.9 cm³/mol. The molecule has 4 nitrogen and oxygen atoms in total. The van der Waals surface area contributed by atoms with Crippen LogP contribution in [-0.4, -0.2) is 15.7 Å². The van der Waals surface area contributed by atoms with E-state index in [1.807, 2.05) is 45.0 Å². The third-order valence-corrected chi connectivity index (χ3v) is 2.96. The number of nitrogens with zero attached hydrogens (tertiary/aromatic N) is 2. The Hall–Kier alpha value is -2.10. The highest BCUT2D eigenvalue weighted by Crippen LogP contribution is 2.24. The molecule has 0 spiro atoms. The Bertz CT molecular complexity index is 584. The van der Waals surface area contributed by atoms with Gasteiger partial charge in [-0.15, -0.1) is 0 Å². The summed E-state index contributed by atoms with van der Waals surface area (Å²) in [5, 5.41) is 4.31. The zero-order valence-corrected chi connectivity index (χ0v) is 10.8. The molecule has 0 saturated heterocycles. The molecule has 2 aromatic rings. The normalized spacial score (nSPS) is 10.9. The van der Waals surface area contributed by atoms with Crippen molar-refractivity contribution >= 4 is 5.91 Å². The van der Waals surface area contributed by atoms with E-state index in [-0.39, 0.29) is 5.92 Å². The van der Waals surface area contributed by atoms with Crippen LogP contribution in [0.2, 0.25) is 0 Å². The summed E-state index contributed by atoms with van der Waals surface area (Å²) < 4.78 is 1.81. The van der Waals surface area contributed by atoms with E-state index in [0.717, 1.165) is 16.9 Å². The van der Waals surface area contributed by atoms with Crippen LogP contribution in [0.15, 0.2) is 30.5 Å². The monoisotopic (exact) mass is 243 g/mol. The van der Waals surface area contributed by atoms with Crippen LogP contribution < -0.4 is 5.73 Å². The van der Waals surface area contributed by atoms with Crippen LogP contribution in [0.4, 0.5) is 0 Å². The van der Waals surface area contributed by atoms with Crippen molar-refractivity contribution in [1.82, 2.24) is 9.78 Å². The Morgan fingerprint density at radius 1 is 1.33 bits per heavy atom. The number of aromatic nitrogens is 2. The van der Waals surface area contributed by atoms with Crippen molar-refractivity contribution in [2.75, 3.05) is 0 Å². The molecule has 1 aromatic heterocycles. The van der Waals surface area contributed by atoms with Gasteiger partial charge in [-0.05, 0) is 24.5 Å². The van der Waals surface area contributed by atoms with Gasteiger partial charge in [-0.25, -0.2) is 4.68 Å². The number of hydrogen-bond donors (Lipinski definition) is 1. The third-order valence-electron chi connectivity index (χ3n) is 2.96. The number of rotatable bonds is 3. The van der Waals surface area contributed by atoms with Crippen LogP contribution in [0.25, 0.3) is 5.69 Å². The Labute approximate surface area is 106 Å². The average Bonchev–Trinajstić information content (AvgIpc) is 2.74. The van der Waals surface area contributed by atoms with Gasteiger partial charge in [-0.2, -0.15) is 5.10 Å². The summed E-state index contributed by atoms with van der Waals surface area (Å²) in [6.45, 7) is 6.07. The SMILES string of the molecule is Cc1ccccc1-n1ncc(C(N)=O)c1C(C)C. The van der Waals surface area contributed by atoms with Crippen molar-refractivity contribution in [1.29, 1.82) is 0 Å². The van der Waals surface area contributed by atoms with E-state index in [1.54, 1.807) is 10.9 Å². The largest absolute Gasteiger partial charge is 0.365 e. The lowest BCUT2D eigenvalue weighted by Crippen LogP contribution is -2.15. The summed E-state index contributed by atoms with van der Waals surface area (Å²) in [5.74, 6) is -0.256. The molecule has 2 N–H and O–H groups in total. The molecule has 0 radical (unpaired) electrons. The molecule has 0 aliphatic rings. The fourth-order valence-corrected chi connectivity index (χ4v) is 2.10. The highest BCUT2D eigenvalue weighted by molar-refractivity contribution is 5.94. The van der Waals surface area contributed by atoms with E-state index in [9.17, 15) is 4.79 Å². The molecule has 1 aromatic carbocycles. The zero-order chi connectivity index (χ0) is 13.3. The summed E-state index contributed by atoms with van der Waals surface area (Å²) in [4.78, 5) is 11.4. The van der Waals surface area contributed by atoms with E-state index in [2.05, 4.69) is 5.10 Å². The predicted octanol–water partition coefficient (Wildman–Crippen LogP) is 2.40. The number of nitrogens with two attached hydrogens (primary N) is 1. The summed E-state index contributed by atoms with van der Waals surface area (Å²) in [5.41, 5.74) is 8.83. The number of para-hydroxylation sites is 1. The van der Waals surface area contributed by atoms with E-state index in [0.29, 0.717) is 5.56 Å². The summed E-state index contributed by atoms with van der Waals surface area (Å²) in [7, 11) is 0. The van der Waals surface area contributed by atoms with Crippen molar-refractivity contribution in [3.05, 3.63) is 47.3 Å². The maximum Gasteiger partial charge on any atom is 0.252 e. The van der Waals surface area contributed by atoms with Gasteiger partial charge < -0.3 is 5.73 Å². The molecule has 0 saturated carbocycles. The maximum atomic E-state index is 11.4. The number of hydrogen-bond acceptors (Lipinski definition) is 2. The van der Waals surface area contributed by atoms with Crippen LogP contribution in [0, 0.1) is 6.92 Å². The first-order valence-electron chi connectivity index (χ1n) is 5.96. The smallest absolute Gasteiger partial charge is 0.252 e. The van der Waals surface area contributed by atoms with Crippen molar-refractivity contribution in [2.45, 2.75) is 26.7 Å². The molecule has 2 rings (SSSR count). The Kier molecular flexibility index (Phi) is 3.19. The van der Waals surface area contributed by atoms with E-state index in [4.69, 9.17) is 5.73 Å². The van der Waals surface area contributed by atoms with E-state index < -0.39 is 5.91 Å². The zero-order valence-electron chi connectivity index (χ0n) is 10.8. The quantitative estimate of drug-likeness (QED) is 0.899. The van der Waals surface area contributed by atoms with Crippen molar-refractivity contribution in [3.8, 4) is 5.69 Å². The molecule has 1 heterocycles. The molecule has 0 bridgehead atoms. The van der Waals surface area contributed by atoms with E-state index in [1.165, 1.54) is 0 Å². The summed E-state index contributed by atoms with van der Waals surface area (Å²) in [6, 6.07) is 7.94. The molecule has 0 atom stereocenters. The minimum atomic E-state index is -0.432. The van der Waals surface area contributed by atoms with Gasteiger partial charge in [-0.1, -0.05) is 32.0 Å². The first-order valence-corrected chi connectivity index (χ1v) is 5.96. The fraction of sp³-hybridized carbons (Fsp3) is 0.286. The van der Waals surface area contributed by atoms with Crippen molar-refractivity contribution in [3.63, 3.8) is 0 Å². The topological polar surface area (TPSA) is 60.9 Å². The Morgan fingerprint density at radius 2 is 2.00 bits per heavy atom. The van der Waals surface area contributed by atoms with Crippen LogP contribution in [0.5, 0.6) is 0 Å². The number of primary amides is 1. The van der Waals surface area contributed by atoms with Crippen molar-refractivity contribution in [2.24, 2.45) is 5.73 Å². The number of carbonyl (C=O) groups excluding carboxylic acids is 1. The number of amides is 1. The van der Waals surface area contributed by atoms with Gasteiger partial charge in [0.2, 0.25) is 0 Å². The second-order valence-electron chi connectivity index (χ2n) is 4.66. The lowest BCUT2D eigenvalue weighted by atomic mass is 10.0. The lowest BCUT2D eigenvalue weighted by molar-refractivity contribution is 0.0999. The lowest BCUT2D eigenvalue weighted by Gasteiger charge is -2.13. The molecule has 0 unspecified atom stereocenters.